The molecule has 0 N–H and O–H groups in total. The average Bonchev–Trinajstić information content (AvgIpc) is 2.40. The van der Waals surface area contributed by atoms with Gasteiger partial charge in [-0.25, -0.2) is 0 Å². The van der Waals surface area contributed by atoms with Gasteiger partial charge in [-0.1, -0.05) is 12.1 Å². The number of pyridine rings is 1. The fourth-order valence-corrected chi connectivity index (χ4v) is 1.93. The number of rotatable bonds is 5. The number of carbonyl (C=O) groups is 1. The summed E-state index contributed by atoms with van der Waals surface area (Å²) in [7, 11) is 0. The molecule has 0 amide bonds. The van der Waals surface area contributed by atoms with Crippen molar-refractivity contribution in [2.45, 2.75) is 26.9 Å². The minimum absolute atomic E-state index is 0.447. The van der Waals surface area contributed by atoms with Crippen molar-refractivity contribution in [1.29, 1.82) is 0 Å². The molecule has 3 nitrogen and oxygen atoms in total. The topological polar surface area (TPSA) is 39.2 Å². The Labute approximate surface area is 113 Å². The molecule has 1 aromatic carbocycles. The van der Waals surface area contributed by atoms with Gasteiger partial charge in [0.1, 0.15) is 18.6 Å². The Morgan fingerprint density at radius 3 is 2.32 bits per heavy atom. The lowest BCUT2D eigenvalue weighted by Crippen LogP contribution is -2.01. The van der Waals surface area contributed by atoms with E-state index in [0.29, 0.717) is 13.0 Å². The number of hydrogen-bond acceptors (Lipinski definition) is 3. The molecule has 0 aliphatic rings. The van der Waals surface area contributed by atoms with Gasteiger partial charge in [0.25, 0.3) is 0 Å². The van der Waals surface area contributed by atoms with E-state index in [4.69, 9.17) is 4.74 Å². The minimum atomic E-state index is 0.447. The zero-order valence-electron chi connectivity index (χ0n) is 11.2. The first kappa shape index (κ1) is 13.3. The molecular weight excluding hydrogens is 238 g/mol. The fraction of sp³-hybridized carbons (Fsp3) is 0.250. The van der Waals surface area contributed by atoms with Crippen LogP contribution in [0, 0.1) is 13.8 Å². The predicted octanol–water partition coefficient (Wildman–Crippen LogP) is 3.02. The average molecular weight is 255 g/mol. The summed E-state index contributed by atoms with van der Waals surface area (Å²) >= 11 is 0. The first-order chi connectivity index (χ1) is 9.20. The molecule has 0 aliphatic carbocycles. The smallest absolute Gasteiger partial charge is 0.124 e. The van der Waals surface area contributed by atoms with E-state index in [0.717, 1.165) is 28.7 Å². The van der Waals surface area contributed by atoms with Crippen molar-refractivity contribution >= 4 is 6.29 Å². The number of carbonyl (C=O) groups excluding carboxylic acids is 1. The normalized spacial score (nSPS) is 10.2. The van der Waals surface area contributed by atoms with E-state index in [2.05, 4.69) is 4.98 Å². The first-order valence-electron chi connectivity index (χ1n) is 6.26. The van der Waals surface area contributed by atoms with Gasteiger partial charge in [-0.05, 0) is 48.2 Å². The lowest BCUT2D eigenvalue weighted by atomic mass is 10.1. The van der Waals surface area contributed by atoms with Gasteiger partial charge in [0.2, 0.25) is 0 Å². The van der Waals surface area contributed by atoms with E-state index >= 15 is 0 Å². The highest BCUT2D eigenvalue weighted by molar-refractivity contribution is 5.55. The standard InChI is InChI=1S/C16H17NO2/c1-12-9-17-10-13(2)16(12)11-19-15-5-3-14(4-6-15)7-8-18/h3-6,8-10H,7,11H2,1-2H3. The van der Waals surface area contributed by atoms with E-state index in [1.165, 1.54) is 5.56 Å². The number of nitrogens with zero attached hydrogens (tertiary/aromatic N) is 1. The molecule has 0 fully saturated rings. The molecule has 1 heterocycles. The molecule has 0 atom stereocenters. The Balaban J connectivity index is 2.04. The Morgan fingerprint density at radius 2 is 1.74 bits per heavy atom. The molecule has 1 aromatic heterocycles. The van der Waals surface area contributed by atoms with Crippen LogP contribution >= 0.6 is 0 Å². The molecule has 98 valence electrons. The van der Waals surface area contributed by atoms with Gasteiger partial charge < -0.3 is 9.53 Å². The van der Waals surface area contributed by atoms with Crippen molar-refractivity contribution in [3.05, 3.63) is 58.9 Å². The molecule has 3 heteroatoms. The van der Waals surface area contributed by atoms with E-state index in [1.807, 2.05) is 50.5 Å². The second kappa shape index (κ2) is 6.14. The molecule has 0 bridgehead atoms. The zero-order valence-corrected chi connectivity index (χ0v) is 11.2. The second-order valence-corrected chi connectivity index (χ2v) is 4.56. The highest BCUT2D eigenvalue weighted by atomic mass is 16.5. The monoisotopic (exact) mass is 255 g/mol. The molecule has 0 saturated heterocycles. The Morgan fingerprint density at radius 1 is 1.11 bits per heavy atom. The highest BCUT2D eigenvalue weighted by Crippen LogP contribution is 2.17. The summed E-state index contributed by atoms with van der Waals surface area (Å²) in [5, 5.41) is 0. The van der Waals surface area contributed by atoms with Gasteiger partial charge in [0, 0.05) is 18.8 Å². The van der Waals surface area contributed by atoms with Crippen molar-refractivity contribution in [1.82, 2.24) is 4.98 Å². The Hall–Kier alpha value is -2.16. The van der Waals surface area contributed by atoms with Crippen LogP contribution in [0.1, 0.15) is 22.3 Å². The van der Waals surface area contributed by atoms with Crippen LogP contribution in [-0.2, 0) is 17.8 Å². The maximum absolute atomic E-state index is 10.4. The predicted molar refractivity (Wildman–Crippen MR) is 74.3 cm³/mol. The van der Waals surface area contributed by atoms with Gasteiger partial charge in [-0.15, -0.1) is 0 Å². The van der Waals surface area contributed by atoms with Crippen LogP contribution in [0.3, 0.4) is 0 Å². The van der Waals surface area contributed by atoms with Crippen LogP contribution in [0.15, 0.2) is 36.7 Å². The van der Waals surface area contributed by atoms with E-state index < -0.39 is 0 Å². The number of benzene rings is 1. The molecule has 0 aliphatic heterocycles. The summed E-state index contributed by atoms with van der Waals surface area (Å²) in [5.41, 5.74) is 4.45. The molecule has 19 heavy (non-hydrogen) atoms. The van der Waals surface area contributed by atoms with Crippen molar-refractivity contribution in [3.63, 3.8) is 0 Å². The van der Waals surface area contributed by atoms with Gasteiger partial charge in [-0.2, -0.15) is 0 Å². The number of aryl methyl sites for hydroxylation is 2. The summed E-state index contributed by atoms with van der Waals surface area (Å²) < 4.78 is 5.77. The van der Waals surface area contributed by atoms with Crippen LogP contribution < -0.4 is 4.74 Å². The third-order valence-corrected chi connectivity index (χ3v) is 3.11. The fourth-order valence-electron chi connectivity index (χ4n) is 1.93. The van der Waals surface area contributed by atoms with E-state index in [9.17, 15) is 4.79 Å². The van der Waals surface area contributed by atoms with Crippen LogP contribution in [-0.4, -0.2) is 11.3 Å². The quantitative estimate of drug-likeness (QED) is 0.771. The van der Waals surface area contributed by atoms with Gasteiger partial charge in [-0.3, -0.25) is 4.98 Å². The zero-order chi connectivity index (χ0) is 13.7. The molecule has 0 spiro atoms. The van der Waals surface area contributed by atoms with E-state index in [1.54, 1.807) is 0 Å². The van der Waals surface area contributed by atoms with Crippen molar-refractivity contribution in [2.24, 2.45) is 0 Å². The van der Waals surface area contributed by atoms with Crippen LogP contribution in [0.5, 0.6) is 5.75 Å². The van der Waals surface area contributed by atoms with Crippen molar-refractivity contribution < 1.29 is 9.53 Å². The molecular formula is C16H17NO2. The summed E-state index contributed by atoms with van der Waals surface area (Å²) in [6.45, 7) is 4.60. The number of aromatic nitrogens is 1. The highest BCUT2D eigenvalue weighted by Gasteiger charge is 2.04. The Bertz CT molecular complexity index is 541. The maximum atomic E-state index is 10.4. The molecule has 0 radical (unpaired) electrons. The largest absolute Gasteiger partial charge is 0.489 e. The number of ether oxygens (including phenoxy) is 1. The third-order valence-electron chi connectivity index (χ3n) is 3.11. The van der Waals surface area contributed by atoms with Crippen molar-refractivity contribution in [3.8, 4) is 5.75 Å². The first-order valence-corrected chi connectivity index (χ1v) is 6.26. The van der Waals surface area contributed by atoms with Crippen molar-refractivity contribution in [2.75, 3.05) is 0 Å². The SMILES string of the molecule is Cc1cncc(C)c1COc1ccc(CC=O)cc1. The summed E-state index contributed by atoms with van der Waals surface area (Å²) in [6.07, 6.45) is 5.04. The lowest BCUT2D eigenvalue weighted by Gasteiger charge is -2.11. The third kappa shape index (κ3) is 3.41. The number of aldehydes is 1. The van der Waals surface area contributed by atoms with Crippen LogP contribution in [0.25, 0.3) is 0 Å². The van der Waals surface area contributed by atoms with Gasteiger partial charge in [0.05, 0.1) is 0 Å². The molecule has 0 unspecified atom stereocenters. The second-order valence-electron chi connectivity index (χ2n) is 4.56. The maximum Gasteiger partial charge on any atom is 0.124 e. The van der Waals surface area contributed by atoms with Crippen LogP contribution in [0.2, 0.25) is 0 Å². The van der Waals surface area contributed by atoms with E-state index in [-0.39, 0.29) is 0 Å². The lowest BCUT2D eigenvalue weighted by molar-refractivity contribution is -0.107. The molecule has 2 aromatic rings. The van der Waals surface area contributed by atoms with Gasteiger partial charge in [0.15, 0.2) is 0 Å². The summed E-state index contributed by atoms with van der Waals surface area (Å²) in [4.78, 5) is 14.6. The number of hydrogen-bond donors (Lipinski definition) is 0. The minimum Gasteiger partial charge on any atom is -0.489 e. The molecule has 0 saturated carbocycles. The Kier molecular flexibility index (Phi) is 4.29. The summed E-state index contributed by atoms with van der Waals surface area (Å²) in [6, 6.07) is 7.61. The summed E-state index contributed by atoms with van der Waals surface area (Å²) in [5.74, 6) is 0.810. The molecule has 2 rings (SSSR count). The van der Waals surface area contributed by atoms with Crippen LogP contribution in [0.4, 0.5) is 0 Å². The van der Waals surface area contributed by atoms with Gasteiger partial charge >= 0.3 is 0 Å².